The Morgan fingerprint density at radius 3 is 3.00 bits per heavy atom. The molecule has 1 atom stereocenters. The molecule has 0 N–H and O–H groups in total. The van der Waals surface area contributed by atoms with Gasteiger partial charge in [-0.3, -0.25) is 4.79 Å². The van der Waals surface area contributed by atoms with Crippen LogP contribution in [0.4, 0.5) is 0 Å². The zero-order valence-electron chi connectivity index (χ0n) is 14.2. The standard InChI is InChI=1S/C19H19N3O2S/c1-13-8-17(25-12-13)19(23)22-11-18-20-6-7-21(18)10-16(22)14-4-3-5-15(9-14)24-2/h3-9,12,16H,10-11H2,1-2H3. The molecule has 0 aliphatic carbocycles. The van der Waals surface area contributed by atoms with Crippen molar-refractivity contribution < 1.29 is 9.53 Å². The summed E-state index contributed by atoms with van der Waals surface area (Å²) >= 11 is 1.50. The average molecular weight is 353 g/mol. The molecule has 1 aromatic carbocycles. The van der Waals surface area contributed by atoms with E-state index in [0.29, 0.717) is 13.1 Å². The molecule has 1 unspecified atom stereocenters. The van der Waals surface area contributed by atoms with Crippen molar-refractivity contribution in [3.63, 3.8) is 0 Å². The van der Waals surface area contributed by atoms with Gasteiger partial charge in [0.2, 0.25) is 0 Å². The Hall–Kier alpha value is -2.60. The van der Waals surface area contributed by atoms with Crippen LogP contribution in [0.2, 0.25) is 0 Å². The smallest absolute Gasteiger partial charge is 0.264 e. The molecule has 0 bridgehead atoms. The fourth-order valence-corrected chi connectivity index (χ4v) is 4.09. The fourth-order valence-electron chi connectivity index (χ4n) is 3.24. The third-order valence-electron chi connectivity index (χ3n) is 4.54. The molecule has 2 aromatic heterocycles. The van der Waals surface area contributed by atoms with Crippen molar-refractivity contribution in [3.8, 4) is 5.75 Å². The van der Waals surface area contributed by atoms with Crippen LogP contribution in [0.25, 0.3) is 0 Å². The number of fused-ring (bicyclic) bond motifs is 1. The first kappa shape index (κ1) is 15.9. The minimum Gasteiger partial charge on any atom is -0.497 e. The number of methoxy groups -OCH3 is 1. The Kier molecular flexibility index (Phi) is 4.05. The van der Waals surface area contributed by atoms with Gasteiger partial charge in [-0.15, -0.1) is 11.3 Å². The van der Waals surface area contributed by atoms with Gasteiger partial charge in [0.05, 0.1) is 24.6 Å². The molecule has 0 saturated heterocycles. The molecule has 1 aliphatic rings. The van der Waals surface area contributed by atoms with E-state index in [9.17, 15) is 4.79 Å². The highest BCUT2D eigenvalue weighted by Crippen LogP contribution is 2.33. The molecule has 6 heteroatoms. The highest BCUT2D eigenvalue weighted by molar-refractivity contribution is 7.12. The molecular formula is C19H19N3O2S. The minimum atomic E-state index is -0.0493. The SMILES string of the molecule is COc1cccc(C2Cn3ccnc3CN2C(=O)c2cc(C)cs2)c1. The van der Waals surface area contributed by atoms with Gasteiger partial charge in [-0.1, -0.05) is 12.1 Å². The van der Waals surface area contributed by atoms with Crippen LogP contribution in [0.1, 0.15) is 32.7 Å². The number of amides is 1. The summed E-state index contributed by atoms with van der Waals surface area (Å²) in [6, 6.07) is 9.85. The number of nitrogens with zero attached hydrogens (tertiary/aromatic N) is 3. The van der Waals surface area contributed by atoms with E-state index >= 15 is 0 Å². The molecule has 3 heterocycles. The van der Waals surface area contributed by atoms with Crippen molar-refractivity contribution >= 4 is 17.2 Å². The van der Waals surface area contributed by atoms with Crippen LogP contribution in [0.15, 0.2) is 48.1 Å². The summed E-state index contributed by atoms with van der Waals surface area (Å²) in [5, 5.41) is 2.01. The quantitative estimate of drug-likeness (QED) is 0.722. The summed E-state index contributed by atoms with van der Waals surface area (Å²) in [7, 11) is 1.66. The number of ether oxygens (including phenoxy) is 1. The molecule has 5 nitrogen and oxygen atoms in total. The van der Waals surface area contributed by atoms with E-state index in [0.717, 1.165) is 27.6 Å². The summed E-state index contributed by atoms with van der Waals surface area (Å²) < 4.78 is 7.48. The van der Waals surface area contributed by atoms with Crippen molar-refractivity contribution in [2.75, 3.05) is 7.11 Å². The van der Waals surface area contributed by atoms with Crippen molar-refractivity contribution in [3.05, 3.63) is 69.9 Å². The maximum absolute atomic E-state index is 13.2. The lowest BCUT2D eigenvalue weighted by atomic mass is 10.0. The van der Waals surface area contributed by atoms with Crippen molar-refractivity contribution in [1.29, 1.82) is 0 Å². The second-order valence-corrected chi connectivity index (χ2v) is 7.12. The van der Waals surface area contributed by atoms with E-state index < -0.39 is 0 Å². The molecule has 3 aromatic rings. The first-order valence-corrected chi connectivity index (χ1v) is 9.04. The summed E-state index contributed by atoms with van der Waals surface area (Å²) in [5.41, 5.74) is 2.19. The van der Waals surface area contributed by atoms with E-state index in [-0.39, 0.29) is 11.9 Å². The van der Waals surface area contributed by atoms with Gasteiger partial charge in [0.1, 0.15) is 11.6 Å². The second kappa shape index (κ2) is 6.37. The first-order chi connectivity index (χ1) is 12.2. The van der Waals surface area contributed by atoms with Gasteiger partial charge in [-0.05, 0) is 41.6 Å². The van der Waals surface area contributed by atoms with Crippen molar-refractivity contribution in [2.24, 2.45) is 0 Å². The number of carbonyl (C=O) groups excluding carboxylic acids is 1. The fraction of sp³-hybridized carbons (Fsp3) is 0.263. The largest absolute Gasteiger partial charge is 0.497 e. The first-order valence-electron chi connectivity index (χ1n) is 8.16. The molecule has 1 amide bonds. The predicted molar refractivity (Wildman–Crippen MR) is 96.9 cm³/mol. The molecular weight excluding hydrogens is 334 g/mol. The molecule has 4 rings (SSSR count). The summed E-state index contributed by atoms with van der Waals surface area (Å²) in [4.78, 5) is 20.2. The van der Waals surface area contributed by atoms with Gasteiger partial charge in [-0.25, -0.2) is 4.98 Å². The highest BCUT2D eigenvalue weighted by Gasteiger charge is 2.32. The number of aromatic nitrogens is 2. The number of hydrogen-bond donors (Lipinski definition) is 0. The number of benzene rings is 1. The molecule has 128 valence electrons. The van der Waals surface area contributed by atoms with Crippen molar-refractivity contribution in [1.82, 2.24) is 14.5 Å². The third-order valence-corrected chi connectivity index (χ3v) is 5.58. The average Bonchev–Trinajstić information content (AvgIpc) is 3.28. The molecule has 0 fully saturated rings. The number of imidazole rings is 1. The second-order valence-electron chi connectivity index (χ2n) is 6.21. The summed E-state index contributed by atoms with van der Waals surface area (Å²) in [6.45, 7) is 3.21. The lowest BCUT2D eigenvalue weighted by molar-refractivity contribution is 0.0589. The number of carbonyl (C=O) groups is 1. The van der Waals surface area contributed by atoms with Gasteiger partial charge < -0.3 is 14.2 Å². The zero-order chi connectivity index (χ0) is 17.4. The normalized spacial score (nSPS) is 16.6. The van der Waals surface area contributed by atoms with Crippen LogP contribution in [-0.2, 0) is 13.1 Å². The Bertz CT molecular complexity index is 915. The molecule has 1 aliphatic heterocycles. The van der Waals surface area contributed by atoms with Crippen LogP contribution in [0.5, 0.6) is 5.75 Å². The molecule has 0 radical (unpaired) electrons. The molecule has 25 heavy (non-hydrogen) atoms. The Labute approximate surface area is 150 Å². The lowest BCUT2D eigenvalue weighted by Gasteiger charge is -2.36. The predicted octanol–water partition coefficient (Wildman–Crippen LogP) is 3.66. The number of hydrogen-bond acceptors (Lipinski definition) is 4. The van der Waals surface area contributed by atoms with Gasteiger partial charge >= 0.3 is 0 Å². The van der Waals surface area contributed by atoms with E-state index in [4.69, 9.17) is 4.74 Å². The highest BCUT2D eigenvalue weighted by atomic mass is 32.1. The van der Waals surface area contributed by atoms with Gasteiger partial charge in [0, 0.05) is 18.9 Å². The van der Waals surface area contributed by atoms with E-state index in [1.54, 1.807) is 13.3 Å². The molecule has 0 spiro atoms. The Balaban J connectivity index is 1.74. The van der Waals surface area contributed by atoms with E-state index in [1.165, 1.54) is 11.3 Å². The van der Waals surface area contributed by atoms with Crippen LogP contribution in [0.3, 0.4) is 0 Å². The monoisotopic (exact) mass is 353 g/mol. The Morgan fingerprint density at radius 2 is 2.24 bits per heavy atom. The Morgan fingerprint density at radius 1 is 1.36 bits per heavy atom. The van der Waals surface area contributed by atoms with Crippen LogP contribution < -0.4 is 4.74 Å². The third kappa shape index (κ3) is 2.93. The number of aryl methyl sites for hydroxylation is 1. The van der Waals surface area contributed by atoms with Gasteiger partial charge in [0.25, 0.3) is 5.91 Å². The summed E-state index contributed by atoms with van der Waals surface area (Å²) in [5.74, 6) is 1.77. The zero-order valence-corrected chi connectivity index (χ0v) is 15.0. The van der Waals surface area contributed by atoms with Crippen LogP contribution in [0, 0.1) is 6.92 Å². The lowest BCUT2D eigenvalue weighted by Crippen LogP contribution is -2.40. The topological polar surface area (TPSA) is 47.4 Å². The minimum absolute atomic E-state index is 0.0493. The maximum Gasteiger partial charge on any atom is 0.264 e. The van der Waals surface area contributed by atoms with Gasteiger partial charge in [-0.2, -0.15) is 0 Å². The molecule has 0 saturated carbocycles. The van der Waals surface area contributed by atoms with E-state index in [2.05, 4.69) is 15.6 Å². The van der Waals surface area contributed by atoms with Gasteiger partial charge in [0.15, 0.2) is 0 Å². The van der Waals surface area contributed by atoms with Crippen molar-refractivity contribution in [2.45, 2.75) is 26.1 Å². The number of thiophene rings is 1. The maximum atomic E-state index is 13.2. The van der Waals surface area contributed by atoms with Crippen LogP contribution >= 0.6 is 11.3 Å². The number of rotatable bonds is 3. The van der Waals surface area contributed by atoms with E-state index in [1.807, 2.05) is 47.7 Å². The van der Waals surface area contributed by atoms with Crippen LogP contribution in [-0.4, -0.2) is 27.5 Å². The summed E-state index contributed by atoms with van der Waals surface area (Å²) in [6.07, 6.45) is 3.76.